The summed E-state index contributed by atoms with van der Waals surface area (Å²) in [5.74, 6) is 1.09. The molecule has 0 radical (unpaired) electrons. The molecule has 2 heterocycles. The van der Waals surface area contributed by atoms with Crippen molar-refractivity contribution in [1.82, 2.24) is 15.2 Å². The molecule has 0 spiro atoms. The van der Waals surface area contributed by atoms with Gasteiger partial charge in [0.05, 0.1) is 25.7 Å². The van der Waals surface area contributed by atoms with Crippen LogP contribution in [0.2, 0.25) is 0 Å². The van der Waals surface area contributed by atoms with Crippen LogP contribution in [-0.2, 0) is 16.0 Å². The molecular formula is C29H35N3O4. The number of aromatic nitrogens is 1. The molecule has 7 heteroatoms. The monoisotopic (exact) mass is 489 g/mol. The Morgan fingerprint density at radius 1 is 1.06 bits per heavy atom. The predicted octanol–water partition coefficient (Wildman–Crippen LogP) is 5.20. The number of nitrogens with one attached hydrogen (secondary N) is 2. The lowest BCUT2D eigenvalue weighted by molar-refractivity contribution is -0.149. The second-order valence-electron chi connectivity index (χ2n) is 9.84. The largest absolute Gasteiger partial charge is 0.497 e. The lowest BCUT2D eigenvalue weighted by atomic mass is 9.82. The van der Waals surface area contributed by atoms with E-state index >= 15 is 0 Å². The van der Waals surface area contributed by atoms with Crippen LogP contribution in [0.4, 0.5) is 4.79 Å². The van der Waals surface area contributed by atoms with Crippen molar-refractivity contribution in [3.63, 3.8) is 0 Å². The van der Waals surface area contributed by atoms with Crippen molar-refractivity contribution in [3.05, 3.63) is 65.4 Å². The summed E-state index contributed by atoms with van der Waals surface area (Å²) in [5, 5.41) is 4.44. The van der Waals surface area contributed by atoms with Crippen LogP contribution >= 0.6 is 0 Å². The average Bonchev–Trinajstić information content (AvgIpc) is 3.30. The van der Waals surface area contributed by atoms with Crippen molar-refractivity contribution in [2.45, 2.75) is 45.1 Å². The van der Waals surface area contributed by atoms with E-state index in [1.54, 1.807) is 7.11 Å². The fourth-order valence-corrected chi connectivity index (χ4v) is 5.79. The second-order valence-corrected chi connectivity index (χ2v) is 9.84. The van der Waals surface area contributed by atoms with Gasteiger partial charge in [0.15, 0.2) is 0 Å². The highest BCUT2D eigenvalue weighted by atomic mass is 16.5. The molecule has 7 nitrogen and oxygen atoms in total. The van der Waals surface area contributed by atoms with E-state index in [2.05, 4.69) is 28.5 Å². The van der Waals surface area contributed by atoms with E-state index in [1.165, 1.54) is 10.9 Å². The zero-order chi connectivity index (χ0) is 25.1. The molecular weight excluding hydrogens is 454 g/mol. The van der Waals surface area contributed by atoms with Crippen molar-refractivity contribution in [3.8, 4) is 5.75 Å². The van der Waals surface area contributed by atoms with Crippen LogP contribution in [0.1, 0.15) is 55.5 Å². The fraction of sp³-hybridized carbons (Fsp3) is 0.448. The highest BCUT2D eigenvalue weighted by molar-refractivity contribution is 5.86. The number of aromatic amines is 1. The van der Waals surface area contributed by atoms with Crippen molar-refractivity contribution in [2.24, 2.45) is 11.8 Å². The number of urea groups is 1. The number of ether oxygens (including phenoxy) is 2. The van der Waals surface area contributed by atoms with Crippen molar-refractivity contribution >= 4 is 22.9 Å². The first kappa shape index (κ1) is 24.2. The smallest absolute Gasteiger partial charge is 0.318 e. The molecule has 0 saturated heterocycles. The third kappa shape index (κ3) is 4.79. The van der Waals surface area contributed by atoms with Crippen LogP contribution in [0, 0.1) is 11.8 Å². The number of para-hydroxylation sites is 1. The summed E-state index contributed by atoms with van der Waals surface area (Å²) in [4.78, 5) is 31.1. The Labute approximate surface area is 212 Å². The molecule has 36 heavy (non-hydrogen) atoms. The molecule has 1 aliphatic carbocycles. The quantitative estimate of drug-likeness (QED) is 0.466. The molecule has 190 valence electrons. The van der Waals surface area contributed by atoms with Gasteiger partial charge in [-0.25, -0.2) is 4.79 Å². The number of carbonyl (C=O) groups is 2. The number of nitrogens with zero attached hydrogens (tertiary/aromatic N) is 1. The maximum absolute atomic E-state index is 13.5. The van der Waals surface area contributed by atoms with E-state index in [0.717, 1.165) is 54.6 Å². The number of esters is 1. The molecule has 2 aliphatic rings. The van der Waals surface area contributed by atoms with Gasteiger partial charge in [-0.05, 0) is 74.3 Å². The van der Waals surface area contributed by atoms with Crippen LogP contribution in [0.25, 0.3) is 10.9 Å². The summed E-state index contributed by atoms with van der Waals surface area (Å²) < 4.78 is 10.5. The lowest BCUT2D eigenvalue weighted by Gasteiger charge is -2.37. The third-order valence-electron chi connectivity index (χ3n) is 7.74. The molecule has 1 aromatic heterocycles. The summed E-state index contributed by atoms with van der Waals surface area (Å²) in [6.07, 6.45) is 4.33. The number of methoxy groups -OCH3 is 1. The topological polar surface area (TPSA) is 83.7 Å². The maximum atomic E-state index is 13.5. The van der Waals surface area contributed by atoms with Gasteiger partial charge in [-0.15, -0.1) is 0 Å². The molecule has 2 amide bonds. The molecule has 0 unspecified atom stereocenters. The number of amides is 2. The average molecular weight is 490 g/mol. The maximum Gasteiger partial charge on any atom is 0.318 e. The number of hydrogen-bond acceptors (Lipinski definition) is 4. The van der Waals surface area contributed by atoms with Crippen LogP contribution in [0.5, 0.6) is 5.75 Å². The van der Waals surface area contributed by atoms with Crippen LogP contribution < -0.4 is 10.1 Å². The van der Waals surface area contributed by atoms with E-state index in [-0.39, 0.29) is 24.0 Å². The first-order valence-electron chi connectivity index (χ1n) is 13.0. The second kappa shape index (κ2) is 10.6. The fourth-order valence-electron chi connectivity index (χ4n) is 5.79. The van der Waals surface area contributed by atoms with Gasteiger partial charge in [-0.3, -0.25) is 4.79 Å². The number of carbonyl (C=O) groups excluding carboxylic acids is 2. The van der Waals surface area contributed by atoms with Crippen LogP contribution in [0.15, 0.2) is 48.5 Å². The van der Waals surface area contributed by atoms with Gasteiger partial charge in [-0.2, -0.15) is 0 Å². The highest BCUT2D eigenvalue weighted by Crippen LogP contribution is 2.39. The minimum Gasteiger partial charge on any atom is -0.497 e. The van der Waals surface area contributed by atoms with Crippen molar-refractivity contribution in [2.75, 3.05) is 26.8 Å². The number of H-pyrrole nitrogens is 1. The van der Waals surface area contributed by atoms with Gasteiger partial charge in [-0.1, -0.05) is 30.3 Å². The summed E-state index contributed by atoms with van der Waals surface area (Å²) in [7, 11) is 1.66. The molecule has 1 atom stereocenters. The first-order valence-corrected chi connectivity index (χ1v) is 13.0. The van der Waals surface area contributed by atoms with E-state index in [4.69, 9.17) is 9.47 Å². The van der Waals surface area contributed by atoms with Gasteiger partial charge in [0.2, 0.25) is 0 Å². The Morgan fingerprint density at radius 3 is 2.53 bits per heavy atom. The normalized spacial score (nSPS) is 21.6. The predicted molar refractivity (Wildman–Crippen MR) is 139 cm³/mol. The minimum absolute atomic E-state index is 0.00104. The Balaban J connectivity index is 1.32. The van der Waals surface area contributed by atoms with Gasteiger partial charge in [0.25, 0.3) is 0 Å². The summed E-state index contributed by atoms with van der Waals surface area (Å²) >= 11 is 0. The van der Waals surface area contributed by atoms with E-state index < -0.39 is 0 Å². The van der Waals surface area contributed by atoms with Gasteiger partial charge < -0.3 is 24.7 Å². The lowest BCUT2D eigenvalue weighted by Crippen LogP contribution is -2.47. The zero-order valence-electron chi connectivity index (χ0n) is 21.1. The molecule has 1 saturated carbocycles. The SMILES string of the molecule is CCOC(=O)C1CCC(CNC(=O)N2CCc3c([nH]c4ccccc34)[C@@H]2c2ccc(OC)cc2)CC1. The minimum atomic E-state index is -0.202. The van der Waals surface area contributed by atoms with Crippen molar-refractivity contribution in [1.29, 1.82) is 0 Å². The molecule has 5 rings (SSSR count). The molecule has 3 aromatic rings. The molecule has 1 fully saturated rings. The van der Waals surface area contributed by atoms with E-state index in [1.807, 2.05) is 42.2 Å². The molecule has 2 aromatic carbocycles. The van der Waals surface area contributed by atoms with Gasteiger partial charge in [0.1, 0.15) is 5.75 Å². The standard InChI is InChI=1S/C29H35N3O4/c1-3-36-28(33)21-10-8-19(9-11-21)18-30-29(34)32-17-16-24-23-6-4-5-7-25(23)31-26(24)27(32)20-12-14-22(35-2)15-13-20/h4-7,12-15,19,21,27,31H,3,8-11,16-18H2,1-2H3,(H,30,34)/t19?,21?,27-/m0/s1. The Bertz CT molecular complexity index is 1210. The number of fused-ring (bicyclic) bond motifs is 3. The Kier molecular flexibility index (Phi) is 7.16. The third-order valence-corrected chi connectivity index (χ3v) is 7.74. The van der Waals surface area contributed by atoms with Gasteiger partial charge >= 0.3 is 12.0 Å². The molecule has 1 aliphatic heterocycles. The zero-order valence-corrected chi connectivity index (χ0v) is 21.1. The highest BCUT2D eigenvalue weighted by Gasteiger charge is 2.35. The Morgan fingerprint density at radius 2 is 1.81 bits per heavy atom. The molecule has 0 bridgehead atoms. The number of hydrogen-bond donors (Lipinski definition) is 2. The Hall–Kier alpha value is -3.48. The summed E-state index contributed by atoms with van der Waals surface area (Å²) in [6, 6.07) is 16.1. The van der Waals surface area contributed by atoms with Gasteiger partial charge in [0, 0.05) is 29.7 Å². The number of benzene rings is 2. The summed E-state index contributed by atoms with van der Waals surface area (Å²) in [6.45, 7) is 3.54. The molecule has 2 N–H and O–H groups in total. The van der Waals surface area contributed by atoms with Crippen LogP contribution in [-0.4, -0.2) is 48.7 Å². The summed E-state index contributed by atoms with van der Waals surface area (Å²) in [5.41, 5.74) is 4.51. The van der Waals surface area contributed by atoms with E-state index in [9.17, 15) is 9.59 Å². The first-order chi connectivity index (χ1) is 17.6. The van der Waals surface area contributed by atoms with Crippen molar-refractivity contribution < 1.29 is 19.1 Å². The van der Waals surface area contributed by atoms with Crippen LogP contribution in [0.3, 0.4) is 0 Å². The number of rotatable bonds is 6. The van der Waals surface area contributed by atoms with E-state index in [0.29, 0.717) is 25.6 Å².